The minimum atomic E-state index is -3.74. The highest BCUT2D eigenvalue weighted by atomic mass is 35.7. The Labute approximate surface area is 457 Å². The van der Waals surface area contributed by atoms with Crippen molar-refractivity contribution in [1.29, 1.82) is 0 Å². The van der Waals surface area contributed by atoms with E-state index in [9.17, 15) is 0 Å². The third-order valence-corrected chi connectivity index (χ3v) is 20.8. The van der Waals surface area contributed by atoms with Crippen LogP contribution in [0.5, 0.6) is 0 Å². The minimum Gasteiger partial charge on any atom is -0.134 e. The van der Waals surface area contributed by atoms with Crippen molar-refractivity contribution in [3.05, 3.63) is 222 Å². The lowest BCUT2D eigenvalue weighted by atomic mass is 9.79. The van der Waals surface area contributed by atoms with E-state index in [1.807, 2.05) is 0 Å². The zero-order chi connectivity index (χ0) is 53.7. The molecule has 0 N–H and O–H groups in total. The van der Waals surface area contributed by atoms with E-state index in [-0.39, 0.29) is 17.3 Å². The Morgan fingerprint density at radius 1 is 0.378 bits per heavy atom. The molecule has 0 fully saturated rings. The first kappa shape index (κ1) is 54.8. The Hall–Kier alpha value is -5.44. The van der Waals surface area contributed by atoms with E-state index in [0.717, 1.165) is 10.4 Å². The van der Waals surface area contributed by atoms with Crippen molar-refractivity contribution in [2.45, 2.75) is 154 Å². The summed E-state index contributed by atoms with van der Waals surface area (Å²) in [6, 6.07) is 50.7. The van der Waals surface area contributed by atoms with Crippen molar-refractivity contribution in [2.75, 3.05) is 0 Å². The van der Waals surface area contributed by atoms with Gasteiger partial charge in [-0.25, -0.2) is 0 Å². The number of hydrogen-bond donors (Lipinski definition) is 0. The standard InChI is InChI=1S/C71H80Cl2Si/c1-42(2)53-38-61(43(3)4)70(62(39-53)44(5)6)74(72,73)69-54(40-63-57(65-45(7)24-18-25-46(65)8)32-22-33-58(63)66-47(9)26-19-27-48(66)10)36-56(71(15,16)17)37-55(69)41-64-59(67-49(11)28-20-29-50(67)12)34-23-35-60(64)68-51(13)30-21-31-52(68)14/h18-39,42-44H,40-41H2,1-17H3. The Kier molecular flexibility index (Phi) is 16.0. The van der Waals surface area contributed by atoms with Gasteiger partial charge in [0, 0.05) is 0 Å². The van der Waals surface area contributed by atoms with Gasteiger partial charge in [-0.2, -0.15) is 0 Å². The van der Waals surface area contributed by atoms with Gasteiger partial charge in [-0.3, -0.25) is 0 Å². The Bertz CT molecular complexity index is 2980. The molecule has 0 heterocycles. The molecule has 0 amide bonds. The lowest BCUT2D eigenvalue weighted by Gasteiger charge is -2.34. The summed E-state index contributed by atoms with van der Waals surface area (Å²) in [6.45, 7) is 35.4. The molecule has 0 atom stereocenters. The highest BCUT2D eigenvalue weighted by Gasteiger charge is 2.43. The van der Waals surface area contributed by atoms with Crippen LogP contribution in [0.1, 0.15) is 169 Å². The van der Waals surface area contributed by atoms with E-state index >= 15 is 0 Å². The predicted molar refractivity (Wildman–Crippen MR) is 329 cm³/mol. The summed E-state index contributed by atoms with van der Waals surface area (Å²) in [6.07, 6.45) is 1.29. The van der Waals surface area contributed by atoms with Gasteiger partial charge in [0.1, 0.15) is 0 Å². The fourth-order valence-corrected chi connectivity index (χ4v) is 17.7. The van der Waals surface area contributed by atoms with Gasteiger partial charge in [0.15, 0.2) is 0 Å². The minimum absolute atomic E-state index is 0.195. The van der Waals surface area contributed by atoms with E-state index in [2.05, 4.69) is 251 Å². The molecule has 0 unspecified atom stereocenters. The van der Waals surface area contributed by atoms with Crippen molar-refractivity contribution in [3.8, 4) is 44.5 Å². The Morgan fingerprint density at radius 2 is 0.649 bits per heavy atom. The molecule has 0 radical (unpaired) electrons. The summed E-state index contributed by atoms with van der Waals surface area (Å²) >= 11 is 17.7. The molecule has 0 nitrogen and oxygen atoms in total. The maximum Gasteiger partial charge on any atom is 0.311 e. The maximum absolute atomic E-state index is 8.86. The lowest BCUT2D eigenvalue weighted by molar-refractivity contribution is 0.589. The third kappa shape index (κ3) is 10.6. The van der Waals surface area contributed by atoms with Crippen molar-refractivity contribution in [3.63, 3.8) is 0 Å². The first-order chi connectivity index (χ1) is 34.9. The molecule has 0 saturated carbocycles. The second kappa shape index (κ2) is 21.7. The van der Waals surface area contributed by atoms with E-state index in [4.69, 9.17) is 22.2 Å². The van der Waals surface area contributed by atoms with Crippen LogP contribution in [0.4, 0.5) is 0 Å². The van der Waals surface area contributed by atoms with E-state index in [1.54, 1.807) is 0 Å². The fraction of sp³-hybridized carbons (Fsp3) is 0.324. The molecule has 0 saturated heterocycles. The van der Waals surface area contributed by atoms with E-state index in [0.29, 0.717) is 18.8 Å². The van der Waals surface area contributed by atoms with Gasteiger partial charge >= 0.3 is 6.69 Å². The molecule has 0 aromatic heterocycles. The summed E-state index contributed by atoms with van der Waals surface area (Å²) in [5, 5.41) is 2.29. The number of rotatable bonds is 13. The average molecular weight is 1030 g/mol. The first-order valence-electron chi connectivity index (χ1n) is 27.1. The van der Waals surface area contributed by atoms with Crippen LogP contribution in [-0.4, -0.2) is 6.69 Å². The topological polar surface area (TPSA) is 0 Å². The quantitative estimate of drug-likeness (QED) is 0.0797. The van der Waals surface area contributed by atoms with Crippen LogP contribution in [0, 0.1) is 55.4 Å². The summed E-state index contributed by atoms with van der Waals surface area (Å²) in [5.74, 6) is 0.756. The Balaban J connectivity index is 1.58. The summed E-state index contributed by atoms with van der Waals surface area (Å²) < 4.78 is 0. The number of halogens is 2. The van der Waals surface area contributed by atoms with Crippen molar-refractivity contribution in [1.82, 2.24) is 0 Å². The predicted octanol–water partition coefficient (Wildman–Crippen LogP) is 19.7. The van der Waals surface area contributed by atoms with Gasteiger partial charge < -0.3 is 0 Å². The SMILES string of the molecule is Cc1cccc(C)c1-c1cccc(-c2c(C)cccc2C)c1Cc1cc(C(C)(C)C)cc(Cc2c(-c3c(C)cccc3C)cccc2-c2c(C)cccc2C)c1[Si](Cl)(Cl)c1c(C(C)C)cc(C(C)C)cc1C(C)C. The maximum atomic E-state index is 8.86. The molecule has 3 heteroatoms. The van der Waals surface area contributed by atoms with Crippen molar-refractivity contribution in [2.24, 2.45) is 0 Å². The van der Waals surface area contributed by atoms with Gasteiger partial charge in [-0.05, 0) is 235 Å². The number of benzene rings is 8. The molecular formula is C71H80Cl2Si. The molecule has 0 aliphatic heterocycles. The van der Waals surface area contributed by atoms with Gasteiger partial charge in [0.05, 0.1) is 0 Å². The van der Waals surface area contributed by atoms with Crippen LogP contribution in [-0.2, 0) is 18.3 Å². The van der Waals surface area contributed by atoms with Gasteiger partial charge in [0.2, 0.25) is 0 Å². The van der Waals surface area contributed by atoms with Crippen LogP contribution in [0.25, 0.3) is 44.5 Å². The molecule has 0 aliphatic carbocycles. The zero-order valence-corrected chi connectivity index (χ0v) is 50.1. The molecule has 0 aliphatic rings. The number of aryl methyl sites for hydroxylation is 8. The van der Waals surface area contributed by atoms with Crippen LogP contribution >= 0.6 is 22.2 Å². The second-order valence-electron chi connectivity index (χ2n) is 23.6. The lowest BCUT2D eigenvalue weighted by Crippen LogP contribution is -2.55. The molecule has 74 heavy (non-hydrogen) atoms. The summed E-state index contributed by atoms with van der Waals surface area (Å²) in [4.78, 5) is 0. The van der Waals surface area contributed by atoms with Gasteiger partial charge in [-0.15, -0.1) is 22.2 Å². The smallest absolute Gasteiger partial charge is 0.134 e. The molecule has 0 spiro atoms. The molecular weight excluding hydrogens is 952 g/mol. The highest BCUT2D eigenvalue weighted by molar-refractivity contribution is 7.56. The fourth-order valence-electron chi connectivity index (χ4n) is 12.2. The molecule has 8 aromatic carbocycles. The third-order valence-electron chi connectivity index (χ3n) is 16.0. The molecule has 8 rings (SSSR count). The van der Waals surface area contributed by atoms with Crippen molar-refractivity contribution >= 4 is 39.2 Å². The Morgan fingerprint density at radius 3 is 0.892 bits per heavy atom. The molecule has 8 aromatic rings. The average Bonchev–Trinajstić information content (AvgIpc) is 3.31. The van der Waals surface area contributed by atoms with Crippen molar-refractivity contribution < 1.29 is 0 Å². The van der Waals surface area contributed by atoms with Gasteiger partial charge in [-0.1, -0.05) is 196 Å². The van der Waals surface area contributed by atoms with Gasteiger partial charge in [0.25, 0.3) is 0 Å². The summed E-state index contributed by atoms with van der Waals surface area (Å²) in [7, 11) is 0. The highest BCUT2D eigenvalue weighted by Crippen LogP contribution is 2.44. The zero-order valence-electron chi connectivity index (χ0n) is 47.6. The molecule has 382 valence electrons. The normalized spacial score (nSPS) is 12.2. The second-order valence-corrected chi connectivity index (χ2v) is 29.7. The van der Waals surface area contributed by atoms with Crippen LogP contribution in [0.3, 0.4) is 0 Å². The largest absolute Gasteiger partial charge is 0.311 e. The first-order valence-corrected chi connectivity index (χ1v) is 31.2. The monoisotopic (exact) mass is 1030 g/mol. The van der Waals surface area contributed by atoms with Crippen LogP contribution < -0.4 is 10.4 Å². The van der Waals surface area contributed by atoms with E-state index < -0.39 is 6.69 Å². The number of hydrogen-bond acceptors (Lipinski definition) is 0. The van der Waals surface area contributed by atoms with Crippen LogP contribution in [0.15, 0.2) is 133 Å². The van der Waals surface area contributed by atoms with Crippen LogP contribution in [0.2, 0.25) is 0 Å². The van der Waals surface area contributed by atoms with E-state index in [1.165, 1.54) is 134 Å². The summed E-state index contributed by atoms with van der Waals surface area (Å²) in [5.41, 5.74) is 30.3. The molecule has 0 bridgehead atoms.